The Morgan fingerprint density at radius 3 is 2.62 bits per heavy atom. The molecule has 1 saturated carbocycles. The van der Waals surface area contributed by atoms with Crippen molar-refractivity contribution in [1.82, 2.24) is 4.98 Å². The molecule has 4 rings (SSSR count). The summed E-state index contributed by atoms with van der Waals surface area (Å²) < 4.78 is 13.3. The molecule has 0 unspecified atom stereocenters. The molecule has 1 amide bonds. The molecule has 26 heavy (non-hydrogen) atoms. The zero-order chi connectivity index (χ0) is 17.9. The minimum atomic E-state index is -0.237. The van der Waals surface area contributed by atoms with Gasteiger partial charge in [-0.2, -0.15) is 0 Å². The highest BCUT2D eigenvalue weighted by Gasteiger charge is 2.16. The van der Waals surface area contributed by atoms with Crippen molar-refractivity contribution in [1.29, 1.82) is 0 Å². The van der Waals surface area contributed by atoms with E-state index in [9.17, 15) is 9.18 Å². The van der Waals surface area contributed by atoms with Crippen molar-refractivity contribution in [2.24, 2.45) is 5.92 Å². The van der Waals surface area contributed by atoms with E-state index in [1.54, 1.807) is 6.07 Å². The lowest BCUT2D eigenvalue weighted by Crippen LogP contribution is -2.12. The number of aromatic nitrogens is 1. The standard InChI is InChI=1S/C22H23FN2O/c23-18-8-11-20-17(13-18)14-21(25-20)16-6-9-19(10-7-16)24-22(26)12-5-15-3-1-2-4-15/h6-11,13-15,25H,1-5,12H2,(H,24,26). The molecule has 134 valence electrons. The smallest absolute Gasteiger partial charge is 0.224 e. The van der Waals surface area contributed by atoms with Gasteiger partial charge in [-0.05, 0) is 54.3 Å². The zero-order valence-electron chi connectivity index (χ0n) is 14.7. The van der Waals surface area contributed by atoms with Gasteiger partial charge in [0.25, 0.3) is 0 Å². The van der Waals surface area contributed by atoms with E-state index in [1.165, 1.54) is 37.8 Å². The second-order valence-electron chi connectivity index (χ2n) is 7.23. The van der Waals surface area contributed by atoms with Crippen molar-refractivity contribution < 1.29 is 9.18 Å². The van der Waals surface area contributed by atoms with Gasteiger partial charge in [-0.3, -0.25) is 4.79 Å². The average Bonchev–Trinajstić information content (AvgIpc) is 3.29. The molecule has 3 aromatic rings. The number of nitrogens with one attached hydrogen (secondary N) is 2. The van der Waals surface area contributed by atoms with Gasteiger partial charge in [0, 0.05) is 28.7 Å². The van der Waals surface area contributed by atoms with Crippen LogP contribution in [0, 0.1) is 11.7 Å². The molecule has 0 atom stereocenters. The van der Waals surface area contributed by atoms with Crippen molar-refractivity contribution in [3.8, 4) is 11.3 Å². The van der Waals surface area contributed by atoms with Gasteiger partial charge in [-0.25, -0.2) is 4.39 Å². The number of carbonyl (C=O) groups excluding carboxylic acids is 1. The molecular formula is C22H23FN2O. The first-order chi connectivity index (χ1) is 12.7. The molecule has 0 bridgehead atoms. The molecule has 0 spiro atoms. The Kier molecular flexibility index (Phi) is 4.74. The van der Waals surface area contributed by atoms with E-state index in [2.05, 4.69) is 10.3 Å². The second kappa shape index (κ2) is 7.32. The average molecular weight is 350 g/mol. The van der Waals surface area contributed by atoms with Gasteiger partial charge in [0.2, 0.25) is 5.91 Å². The number of aromatic amines is 1. The molecule has 4 heteroatoms. The van der Waals surface area contributed by atoms with Crippen molar-refractivity contribution >= 4 is 22.5 Å². The highest BCUT2D eigenvalue weighted by atomic mass is 19.1. The molecule has 2 aromatic carbocycles. The van der Waals surface area contributed by atoms with Crippen LogP contribution in [-0.4, -0.2) is 10.9 Å². The summed E-state index contributed by atoms with van der Waals surface area (Å²) in [5.74, 6) is 0.583. The lowest BCUT2D eigenvalue weighted by atomic mass is 10.0. The summed E-state index contributed by atoms with van der Waals surface area (Å²) in [5, 5.41) is 3.83. The van der Waals surface area contributed by atoms with Gasteiger partial charge in [0.15, 0.2) is 0 Å². The lowest BCUT2D eigenvalue weighted by molar-refractivity contribution is -0.116. The summed E-state index contributed by atoms with van der Waals surface area (Å²) in [6.45, 7) is 0. The van der Waals surface area contributed by atoms with Crippen molar-refractivity contribution in [3.05, 3.63) is 54.3 Å². The van der Waals surface area contributed by atoms with E-state index in [4.69, 9.17) is 0 Å². The summed E-state index contributed by atoms with van der Waals surface area (Å²) in [7, 11) is 0. The lowest BCUT2D eigenvalue weighted by Gasteiger charge is -2.09. The third kappa shape index (κ3) is 3.79. The molecule has 2 N–H and O–H groups in total. The summed E-state index contributed by atoms with van der Waals surface area (Å²) >= 11 is 0. The van der Waals surface area contributed by atoms with Crippen LogP contribution in [0.15, 0.2) is 48.5 Å². The Balaban J connectivity index is 1.40. The normalized spacial score (nSPS) is 14.8. The number of halogens is 1. The topological polar surface area (TPSA) is 44.9 Å². The minimum absolute atomic E-state index is 0.0886. The van der Waals surface area contributed by atoms with E-state index in [0.717, 1.165) is 40.2 Å². The fourth-order valence-electron chi connectivity index (χ4n) is 3.85. The molecule has 3 nitrogen and oxygen atoms in total. The fourth-order valence-corrected chi connectivity index (χ4v) is 3.85. The first kappa shape index (κ1) is 16.8. The number of benzene rings is 2. The molecule has 0 saturated heterocycles. The van der Waals surface area contributed by atoms with Gasteiger partial charge < -0.3 is 10.3 Å². The SMILES string of the molecule is O=C(CCC1CCCC1)Nc1ccc(-c2cc3cc(F)ccc3[nH]2)cc1. The summed E-state index contributed by atoms with van der Waals surface area (Å²) in [5.41, 5.74) is 3.66. The molecule has 1 heterocycles. The van der Waals surface area contributed by atoms with Crippen LogP contribution in [0.4, 0.5) is 10.1 Å². The molecule has 1 aliphatic carbocycles. The van der Waals surface area contributed by atoms with Gasteiger partial charge in [0.05, 0.1) is 0 Å². The van der Waals surface area contributed by atoms with E-state index in [1.807, 2.05) is 30.3 Å². The highest BCUT2D eigenvalue weighted by molar-refractivity contribution is 5.91. The number of fused-ring (bicyclic) bond motifs is 1. The third-order valence-corrected chi connectivity index (χ3v) is 5.32. The molecular weight excluding hydrogens is 327 g/mol. The Morgan fingerprint density at radius 2 is 1.85 bits per heavy atom. The van der Waals surface area contributed by atoms with Crippen LogP contribution < -0.4 is 5.32 Å². The van der Waals surface area contributed by atoms with Gasteiger partial charge >= 0.3 is 0 Å². The predicted octanol–water partition coefficient (Wildman–Crippen LogP) is 5.88. The fraction of sp³-hybridized carbons (Fsp3) is 0.318. The van der Waals surface area contributed by atoms with E-state index in [-0.39, 0.29) is 11.7 Å². The van der Waals surface area contributed by atoms with Crippen LogP contribution in [0.5, 0.6) is 0 Å². The zero-order valence-corrected chi connectivity index (χ0v) is 14.7. The number of hydrogen-bond donors (Lipinski definition) is 2. The van der Waals surface area contributed by atoms with Gasteiger partial charge in [0.1, 0.15) is 5.82 Å². The first-order valence-electron chi connectivity index (χ1n) is 9.36. The maximum absolute atomic E-state index is 13.3. The molecule has 1 aromatic heterocycles. The quantitative estimate of drug-likeness (QED) is 0.593. The largest absolute Gasteiger partial charge is 0.355 e. The number of carbonyl (C=O) groups is 1. The van der Waals surface area contributed by atoms with E-state index >= 15 is 0 Å². The minimum Gasteiger partial charge on any atom is -0.355 e. The van der Waals surface area contributed by atoms with Crippen molar-refractivity contribution in [3.63, 3.8) is 0 Å². The Bertz CT molecular complexity index is 908. The Morgan fingerprint density at radius 1 is 1.08 bits per heavy atom. The van der Waals surface area contributed by atoms with Crippen LogP contribution >= 0.6 is 0 Å². The van der Waals surface area contributed by atoms with Crippen LogP contribution in [0.25, 0.3) is 22.2 Å². The summed E-state index contributed by atoms with van der Waals surface area (Å²) in [6.07, 6.45) is 6.77. The number of rotatable bonds is 5. The highest BCUT2D eigenvalue weighted by Crippen LogP contribution is 2.29. The van der Waals surface area contributed by atoms with Gasteiger partial charge in [-0.15, -0.1) is 0 Å². The van der Waals surface area contributed by atoms with E-state index in [0.29, 0.717) is 6.42 Å². The van der Waals surface area contributed by atoms with Crippen LogP contribution in [0.2, 0.25) is 0 Å². The monoisotopic (exact) mass is 350 g/mol. The molecule has 1 fully saturated rings. The second-order valence-corrected chi connectivity index (χ2v) is 7.23. The summed E-state index contributed by atoms with van der Waals surface area (Å²) in [6, 6.07) is 14.4. The first-order valence-corrected chi connectivity index (χ1v) is 9.36. The van der Waals surface area contributed by atoms with Crippen LogP contribution in [0.3, 0.4) is 0 Å². The Labute approximate surface area is 152 Å². The predicted molar refractivity (Wildman–Crippen MR) is 104 cm³/mol. The van der Waals surface area contributed by atoms with Crippen molar-refractivity contribution in [2.45, 2.75) is 38.5 Å². The number of hydrogen-bond acceptors (Lipinski definition) is 1. The van der Waals surface area contributed by atoms with Gasteiger partial charge in [-0.1, -0.05) is 37.8 Å². The van der Waals surface area contributed by atoms with Crippen molar-refractivity contribution in [2.75, 3.05) is 5.32 Å². The summed E-state index contributed by atoms with van der Waals surface area (Å²) in [4.78, 5) is 15.4. The number of anilines is 1. The maximum Gasteiger partial charge on any atom is 0.224 e. The maximum atomic E-state index is 13.3. The molecule has 0 aliphatic heterocycles. The number of H-pyrrole nitrogens is 1. The third-order valence-electron chi connectivity index (χ3n) is 5.32. The number of amides is 1. The van der Waals surface area contributed by atoms with E-state index < -0.39 is 0 Å². The van der Waals surface area contributed by atoms with Crippen LogP contribution in [0.1, 0.15) is 38.5 Å². The molecule has 0 radical (unpaired) electrons. The Hall–Kier alpha value is -2.62. The van der Waals surface area contributed by atoms with Crippen LogP contribution in [-0.2, 0) is 4.79 Å². The molecule has 1 aliphatic rings.